The number of rotatable bonds is 1. The number of nitrogens with zero attached hydrogens (tertiary/aromatic N) is 1. The Hall–Kier alpha value is -1.66. The predicted molar refractivity (Wildman–Crippen MR) is 80.7 cm³/mol. The van der Waals surface area contributed by atoms with Crippen molar-refractivity contribution < 1.29 is 14.6 Å². The lowest BCUT2D eigenvalue weighted by atomic mass is 10.1. The minimum atomic E-state index is -0.188. The van der Waals surface area contributed by atoms with Crippen LogP contribution in [0.1, 0.15) is 16.1 Å². The Labute approximate surface area is 131 Å². The van der Waals surface area contributed by atoms with Crippen molar-refractivity contribution in [3.05, 3.63) is 56.4 Å². The van der Waals surface area contributed by atoms with Gasteiger partial charge < -0.3 is 9.84 Å². The number of halogens is 2. The van der Waals surface area contributed by atoms with Crippen LogP contribution >= 0.6 is 31.9 Å². The monoisotopic (exact) mass is 395 g/mol. The number of allylic oxidation sites excluding steroid dienone is 1. The van der Waals surface area contributed by atoms with Crippen molar-refractivity contribution in [1.82, 2.24) is 4.98 Å². The molecule has 20 heavy (non-hydrogen) atoms. The summed E-state index contributed by atoms with van der Waals surface area (Å²) in [5.74, 6) is 0.572. The summed E-state index contributed by atoms with van der Waals surface area (Å²) in [5.41, 5.74) is 1.03. The Morgan fingerprint density at radius 1 is 1.25 bits per heavy atom. The van der Waals surface area contributed by atoms with Crippen molar-refractivity contribution in [2.24, 2.45) is 0 Å². The molecule has 0 aliphatic carbocycles. The van der Waals surface area contributed by atoms with Crippen molar-refractivity contribution in [1.29, 1.82) is 0 Å². The Morgan fingerprint density at radius 3 is 2.75 bits per heavy atom. The van der Waals surface area contributed by atoms with Gasteiger partial charge in [-0.25, -0.2) is 0 Å². The maximum absolute atomic E-state index is 12.2. The maximum atomic E-state index is 12.2. The number of carbonyl (C=O) groups excluding carboxylic acids is 1. The van der Waals surface area contributed by atoms with E-state index in [9.17, 15) is 9.90 Å². The molecule has 1 aromatic heterocycles. The zero-order valence-corrected chi connectivity index (χ0v) is 13.1. The number of aromatic hydroxyl groups is 1. The standard InChI is InChI=1S/C14H7Br2NO3/c15-9-3-1-2-8-13(19)12(20-14(8)9)5-7-4-10(16)11(18)6-17-7/h1-6,18H/b12-5-. The fraction of sp³-hybridized carbons (Fsp3) is 0. The molecule has 0 amide bonds. The van der Waals surface area contributed by atoms with E-state index in [1.54, 1.807) is 24.3 Å². The molecular formula is C14H7Br2NO3. The van der Waals surface area contributed by atoms with Crippen molar-refractivity contribution in [3.63, 3.8) is 0 Å². The summed E-state index contributed by atoms with van der Waals surface area (Å²) in [5, 5.41) is 9.40. The summed E-state index contributed by atoms with van der Waals surface area (Å²) >= 11 is 6.55. The quantitative estimate of drug-likeness (QED) is 0.742. The third-order valence-corrected chi connectivity index (χ3v) is 4.04. The lowest BCUT2D eigenvalue weighted by Gasteiger charge is -2.01. The van der Waals surface area contributed by atoms with Gasteiger partial charge in [-0.15, -0.1) is 0 Å². The van der Waals surface area contributed by atoms with E-state index in [1.165, 1.54) is 6.20 Å². The average Bonchev–Trinajstić information content (AvgIpc) is 2.73. The van der Waals surface area contributed by atoms with E-state index in [-0.39, 0.29) is 17.3 Å². The molecule has 2 heterocycles. The molecule has 0 fully saturated rings. The molecule has 6 heteroatoms. The first-order valence-corrected chi connectivity index (χ1v) is 7.22. The van der Waals surface area contributed by atoms with Crippen LogP contribution in [0.3, 0.4) is 0 Å². The number of carbonyl (C=O) groups is 1. The van der Waals surface area contributed by atoms with Crippen LogP contribution in [0.25, 0.3) is 6.08 Å². The molecule has 3 rings (SSSR count). The zero-order chi connectivity index (χ0) is 14.3. The van der Waals surface area contributed by atoms with Crippen molar-refractivity contribution in [2.75, 3.05) is 0 Å². The molecule has 100 valence electrons. The summed E-state index contributed by atoms with van der Waals surface area (Å²) in [6.45, 7) is 0. The van der Waals surface area contributed by atoms with Gasteiger partial charge >= 0.3 is 0 Å². The van der Waals surface area contributed by atoms with E-state index < -0.39 is 0 Å². The molecular weight excluding hydrogens is 390 g/mol. The Balaban J connectivity index is 2.01. The van der Waals surface area contributed by atoms with E-state index in [2.05, 4.69) is 36.8 Å². The minimum Gasteiger partial charge on any atom is -0.505 e. The number of hydrogen-bond donors (Lipinski definition) is 1. The lowest BCUT2D eigenvalue weighted by Crippen LogP contribution is -1.98. The number of fused-ring (bicyclic) bond motifs is 1. The number of ether oxygens (including phenoxy) is 1. The molecule has 1 aromatic carbocycles. The fourth-order valence-electron chi connectivity index (χ4n) is 1.83. The second-order valence-corrected chi connectivity index (χ2v) is 5.83. The second kappa shape index (κ2) is 5.03. The van der Waals surface area contributed by atoms with Crippen molar-refractivity contribution in [3.8, 4) is 11.5 Å². The van der Waals surface area contributed by atoms with Crippen LogP contribution < -0.4 is 4.74 Å². The van der Waals surface area contributed by atoms with Gasteiger partial charge in [0.05, 0.1) is 26.4 Å². The normalized spacial score (nSPS) is 15.3. The smallest absolute Gasteiger partial charge is 0.232 e. The molecule has 1 N–H and O–H groups in total. The van der Waals surface area contributed by atoms with E-state index in [0.29, 0.717) is 21.5 Å². The number of benzene rings is 1. The average molecular weight is 397 g/mol. The summed E-state index contributed by atoms with van der Waals surface area (Å²) in [4.78, 5) is 16.2. The van der Waals surface area contributed by atoms with Crippen molar-refractivity contribution in [2.45, 2.75) is 0 Å². The van der Waals surface area contributed by atoms with Gasteiger partial charge in [-0.3, -0.25) is 9.78 Å². The summed E-state index contributed by atoms with van der Waals surface area (Å²) in [6.07, 6.45) is 2.85. The maximum Gasteiger partial charge on any atom is 0.232 e. The molecule has 0 radical (unpaired) electrons. The van der Waals surface area contributed by atoms with Gasteiger partial charge in [-0.1, -0.05) is 6.07 Å². The van der Waals surface area contributed by atoms with E-state index >= 15 is 0 Å². The number of pyridine rings is 1. The largest absolute Gasteiger partial charge is 0.505 e. The molecule has 0 saturated carbocycles. The van der Waals surface area contributed by atoms with Gasteiger partial charge in [-0.05, 0) is 50.1 Å². The van der Waals surface area contributed by atoms with Crippen LogP contribution in [-0.4, -0.2) is 15.9 Å². The second-order valence-electron chi connectivity index (χ2n) is 4.12. The highest BCUT2D eigenvalue weighted by molar-refractivity contribution is 9.10. The molecule has 0 atom stereocenters. The molecule has 2 aromatic rings. The Bertz CT molecular complexity index is 756. The lowest BCUT2D eigenvalue weighted by molar-refractivity contribution is 0.101. The molecule has 0 unspecified atom stereocenters. The summed E-state index contributed by atoms with van der Waals surface area (Å²) in [7, 11) is 0. The van der Waals surface area contributed by atoms with Crippen LogP contribution in [0.15, 0.2) is 45.2 Å². The highest BCUT2D eigenvalue weighted by Crippen LogP contribution is 2.38. The molecule has 4 nitrogen and oxygen atoms in total. The number of para-hydroxylation sites is 1. The van der Waals surface area contributed by atoms with E-state index in [0.717, 1.165) is 4.47 Å². The zero-order valence-electron chi connectivity index (χ0n) is 9.93. The molecule has 1 aliphatic heterocycles. The SMILES string of the molecule is O=C1/C(=C/c2cc(Br)c(O)cn2)Oc2c(Br)cccc21. The van der Waals surface area contributed by atoms with Gasteiger partial charge in [0.2, 0.25) is 5.78 Å². The van der Waals surface area contributed by atoms with Crippen LogP contribution in [0, 0.1) is 0 Å². The van der Waals surface area contributed by atoms with Crippen molar-refractivity contribution >= 4 is 43.7 Å². The van der Waals surface area contributed by atoms with Gasteiger partial charge in [0.1, 0.15) is 5.75 Å². The van der Waals surface area contributed by atoms with Crippen LogP contribution in [-0.2, 0) is 0 Å². The minimum absolute atomic E-state index is 0.0387. The summed E-state index contributed by atoms with van der Waals surface area (Å²) < 4.78 is 6.80. The Kier molecular flexibility index (Phi) is 3.35. The predicted octanol–water partition coefficient (Wildman–Crippen LogP) is 3.93. The topological polar surface area (TPSA) is 59.4 Å². The number of ketones is 1. The number of Topliss-reactive ketones (excluding diaryl/α,β-unsaturated/α-hetero) is 1. The highest BCUT2D eigenvalue weighted by Gasteiger charge is 2.28. The van der Waals surface area contributed by atoms with Crippen LogP contribution in [0.2, 0.25) is 0 Å². The fourth-order valence-corrected chi connectivity index (χ4v) is 2.61. The molecule has 1 aliphatic rings. The third kappa shape index (κ3) is 2.25. The van der Waals surface area contributed by atoms with E-state index in [4.69, 9.17) is 4.74 Å². The molecule has 0 spiro atoms. The van der Waals surface area contributed by atoms with Crippen LogP contribution in [0.4, 0.5) is 0 Å². The Morgan fingerprint density at radius 2 is 2.05 bits per heavy atom. The van der Waals surface area contributed by atoms with Crippen LogP contribution in [0.5, 0.6) is 11.5 Å². The first-order chi connectivity index (χ1) is 9.56. The molecule has 0 bridgehead atoms. The van der Waals surface area contributed by atoms with E-state index in [1.807, 2.05) is 6.07 Å². The number of hydrogen-bond acceptors (Lipinski definition) is 4. The number of aromatic nitrogens is 1. The first-order valence-electron chi connectivity index (χ1n) is 5.63. The van der Waals surface area contributed by atoms with Gasteiger partial charge in [0.15, 0.2) is 11.5 Å². The summed E-state index contributed by atoms with van der Waals surface area (Å²) in [6, 6.07) is 6.91. The highest BCUT2D eigenvalue weighted by atomic mass is 79.9. The third-order valence-electron chi connectivity index (χ3n) is 2.78. The van der Waals surface area contributed by atoms with Gasteiger partial charge in [0, 0.05) is 6.08 Å². The first kappa shape index (κ1) is 13.3. The molecule has 0 saturated heterocycles. The van der Waals surface area contributed by atoms with Gasteiger partial charge in [0.25, 0.3) is 0 Å². The van der Waals surface area contributed by atoms with Gasteiger partial charge in [-0.2, -0.15) is 0 Å².